The smallest absolute Gasteiger partial charge is 0.217 e. The van der Waals surface area contributed by atoms with Gasteiger partial charge in [-0.3, -0.25) is 4.79 Å². The molecule has 1 amide bonds. The van der Waals surface area contributed by atoms with Crippen LogP contribution in [0.1, 0.15) is 35.6 Å². The molecular weight excluding hydrogens is 456 g/mol. The molecule has 33 heavy (non-hydrogen) atoms. The summed E-state index contributed by atoms with van der Waals surface area (Å²) in [6.45, 7) is 2.05. The minimum atomic E-state index is -0.0604. The zero-order chi connectivity index (χ0) is 22.8. The van der Waals surface area contributed by atoms with E-state index in [9.17, 15) is 4.79 Å². The number of rotatable bonds is 7. The number of methoxy groups -OCH3 is 1. The van der Waals surface area contributed by atoms with Crippen LogP contribution in [0.25, 0.3) is 10.6 Å². The summed E-state index contributed by atoms with van der Waals surface area (Å²) in [6.07, 6.45) is 2.41. The van der Waals surface area contributed by atoms with Gasteiger partial charge < -0.3 is 14.5 Å². The zero-order valence-electron chi connectivity index (χ0n) is 18.1. The second-order valence-corrected chi connectivity index (χ2v) is 9.55. The molecule has 0 saturated carbocycles. The highest BCUT2D eigenvalue weighted by Crippen LogP contribution is 2.40. The number of hydrogen-bond donors (Lipinski definition) is 1. The largest absolute Gasteiger partial charge is 0.497 e. The number of furan rings is 1. The van der Waals surface area contributed by atoms with Crippen LogP contribution in [-0.2, 0) is 11.3 Å². The summed E-state index contributed by atoms with van der Waals surface area (Å²) in [6, 6.07) is 15.8. The summed E-state index contributed by atoms with van der Waals surface area (Å²) >= 11 is 3.18. The molecule has 1 unspecified atom stereocenters. The monoisotopic (exact) mass is 478 g/mol. The maximum absolute atomic E-state index is 11.2. The van der Waals surface area contributed by atoms with Crippen LogP contribution in [0.15, 0.2) is 69.7 Å². The Labute approximate surface area is 199 Å². The van der Waals surface area contributed by atoms with Gasteiger partial charge in [-0.15, -0.1) is 22.7 Å². The second-order valence-electron chi connectivity index (χ2n) is 7.55. The number of anilines is 1. The molecule has 1 aromatic carbocycles. The van der Waals surface area contributed by atoms with Gasteiger partial charge in [0.1, 0.15) is 17.6 Å². The van der Waals surface area contributed by atoms with Crippen molar-refractivity contribution in [3.05, 3.63) is 76.4 Å². The lowest BCUT2D eigenvalue weighted by Crippen LogP contribution is -2.18. The Hall–Kier alpha value is -3.43. The van der Waals surface area contributed by atoms with Crippen LogP contribution >= 0.6 is 22.7 Å². The topological polar surface area (TPSA) is 80.0 Å². The van der Waals surface area contributed by atoms with Gasteiger partial charge in [0.05, 0.1) is 36.2 Å². The van der Waals surface area contributed by atoms with Crippen molar-refractivity contribution < 1.29 is 13.9 Å². The molecular formula is C24H22N4O3S2. The van der Waals surface area contributed by atoms with Crippen LogP contribution in [0.2, 0.25) is 0 Å². The van der Waals surface area contributed by atoms with Crippen molar-refractivity contribution in [1.29, 1.82) is 0 Å². The molecule has 1 aliphatic rings. The normalized spacial score (nSPS) is 15.5. The molecule has 1 N–H and O–H groups in total. The van der Waals surface area contributed by atoms with Crippen molar-refractivity contribution in [1.82, 2.24) is 10.3 Å². The molecule has 168 valence electrons. The van der Waals surface area contributed by atoms with Crippen molar-refractivity contribution in [2.75, 3.05) is 12.1 Å². The molecule has 1 aliphatic heterocycles. The Morgan fingerprint density at radius 1 is 1.24 bits per heavy atom. The van der Waals surface area contributed by atoms with Gasteiger partial charge in [-0.1, -0.05) is 0 Å². The highest BCUT2D eigenvalue weighted by molar-refractivity contribution is 7.17. The number of benzene rings is 1. The van der Waals surface area contributed by atoms with E-state index >= 15 is 0 Å². The van der Waals surface area contributed by atoms with Gasteiger partial charge in [-0.05, 0) is 54.1 Å². The Bertz CT molecular complexity index is 1280. The number of thiazole rings is 1. The molecule has 0 radical (unpaired) electrons. The Morgan fingerprint density at radius 2 is 2.09 bits per heavy atom. The van der Waals surface area contributed by atoms with Crippen LogP contribution in [0.4, 0.5) is 5.13 Å². The van der Waals surface area contributed by atoms with E-state index in [0.717, 1.165) is 43.4 Å². The number of hydrazone groups is 1. The molecule has 0 saturated heterocycles. The first kappa shape index (κ1) is 21.4. The lowest BCUT2D eigenvalue weighted by molar-refractivity contribution is -0.119. The summed E-state index contributed by atoms with van der Waals surface area (Å²) in [4.78, 5) is 18.2. The highest BCUT2D eigenvalue weighted by atomic mass is 32.1. The molecule has 7 nitrogen and oxygen atoms in total. The molecule has 0 fully saturated rings. The van der Waals surface area contributed by atoms with E-state index in [2.05, 4.69) is 5.32 Å². The lowest BCUT2D eigenvalue weighted by Gasteiger charge is -2.18. The number of thiophene rings is 1. The fraction of sp³-hybridized carbons (Fsp3) is 0.208. The number of carbonyl (C=O) groups excluding carboxylic acids is 1. The molecule has 3 aromatic heterocycles. The molecule has 4 aromatic rings. The quantitative estimate of drug-likeness (QED) is 0.381. The third-order valence-corrected chi connectivity index (χ3v) is 7.26. The highest BCUT2D eigenvalue weighted by Gasteiger charge is 2.33. The van der Waals surface area contributed by atoms with Gasteiger partial charge in [0.2, 0.25) is 11.0 Å². The summed E-state index contributed by atoms with van der Waals surface area (Å²) in [5.74, 6) is 1.63. The molecule has 0 bridgehead atoms. The van der Waals surface area contributed by atoms with E-state index in [4.69, 9.17) is 19.2 Å². The van der Waals surface area contributed by atoms with Crippen LogP contribution in [0, 0.1) is 0 Å². The van der Waals surface area contributed by atoms with Crippen LogP contribution < -0.4 is 15.1 Å². The Kier molecular flexibility index (Phi) is 5.97. The van der Waals surface area contributed by atoms with Gasteiger partial charge >= 0.3 is 0 Å². The van der Waals surface area contributed by atoms with Crippen molar-refractivity contribution in [3.63, 3.8) is 0 Å². The van der Waals surface area contributed by atoms with E-state index in [0.29, 0.717) is 13.0 Å². The summed E-state index contributed by atoms with van der Waals surface area (Å²) < 4.78 is 11.0. The summed E-state index contributed by atoms with van der Waals surface area (Å²) in [7, 11) is 1.66. The molecule has 1 atom stereocenters. The van der Waals surface area contributed by atoms with E-state index in [-0.39, 0.29) is 11.9 Å². The molecule has 9 heteroatoms. The number of ether oxygens (including phenoxy) is 1. The fourth-order valence-electron chi connectivity index (χ4n) is 3.65. The standard InChI is InChI=1S/C24H22N4O3S2/c1-15(29)25-13-18-9-10-23(33-18)20-14-32-24(26-20)28-21(22-4-3-11-31-22)12-19(27-28)16-5-7-17(30-2)8-6-16/h3-11,14,21H,12-13H2,1-2H3,(H,25,29). The predicted octanol–water partition coefficient (Wildman–Crippen LogP) is 5.47. The van der Waals surface area contributed by atoms with Gasteiger partial charge in [-0.2, -0.15) is 5.10 Å². The third-order valence-electron chi connectivity index (χ3n) is 5.32. The molecule has 0 spiro atoms. The first-order valence-electron chi connectivity index (χ1n) is 10.4. The van der Waals surface area contributed by atoms with E-state index in [1.807, 2.05) is 58.9 Å². The number of hydrogen-bond acceptors (Lipinski definition) is 8. The number of aromatic nitrogens is 1. The van der Waals surface area contributed by atoms with Crippen molar-refractivity contribution in [2.45, 2.75) is 25.9 Å². The lowest BCUT2D eigenvalue weighted by atomic mass is 10.0. The first-order valence-corrected chi connectivity index (χ1v) is 12.1. The minimum Gasteiger partial charge on any atom is -0.497 e. The van der Waals surface area contributed by atoms with Crippen LogP contribution in [0.3, 0.4) is 0 Å². The number of amides is 1. The average molecular weight is 479 g/mol. The SMILES string of the molecule is COc1ccc(C2=NN(c3nc(-c4ccc(CNC(C)=O)s4)cs3)C(c3ccco3)C2)cc1. The molecule has 4 heterocycles. The van der Waals surface area contributed by atoms with Crippen molar-refractivity contribution in [2.24, 2.45) is 5.10 Å². The average Bonchev–Trinajstić information content (AvgIpc) is 3.62. The van der Waals surface area contributed by atoms with Crippen LogP contribution in [-0.4, -0.2) is 23.7 Å². The van der Waals surface area contributed by atoms with Crippen molar-refractivity contribution >= 4 is 39.4 Å². The minimum absolute atomic E-state index is 0.0376. The fourth-order valence-corrected chi connectivity index (χ4v) is 5.46. The summed E-state index contributed by atoms with van der Waals surface area (Å²) in [5.41, 5.74) is 2.93. The predicted molar refractivity (Wildman–Crippen MR) is 131 cm³/mol. The van der Waals surface area contributed by atoms with Crippen molar-refractivity contribution in [3.8, 4) is 16.3 Å². The van der Waals surface area contributed by atoms with Gasteiger partial charge in [0.15, 0.2) is 0 Å². The number of carbonyl (C=O) groups is 1. The molecule has 5 rings (SSSR count). The van der Waals surface area contributed by atoms with E-state index in [1.165, 1.54) is 6.92 Å². The molecule has 0 aliphatic carbocycles. The maximum atomic E-state index is 11.2. The number of nitrogens with zero attached hydrogens (tertiary/aromatic N) is 3. The number of nitrogens with one attached hydrogen (secondary N) is 1. The first-order chi connectivity index (χ1) is 16.1. The Morgan fingerprint density at radius 3 is 2.82 bits per heavy atom. The third kappa shape index (κ3) is 4.55. The van der Waals surface area contributed by atoms with E-state index in [1.54, 1.807) is 36.0 Å². The van der Waals surface area contributed by atoms with Crippen LogP contribution in [0.5, 0.6) is 5.75 Å². The zero-order valence-corrected chi connectivity index (χ0v) is 19.8. The van der Waals surface area contributed by atoms with Gasteiger partial charge in [-0.25, -0.2) is 9.99 Å². The summed E-state index contributed by atoms with van der Waals surface area (Å²) in [5, 5.41) is 12.6. The second kappa shape index (κ2) is 9.21. The van der Waals surface area contributed by atoms with E-state index < -0.39 is 0 Å². The Balaban J connectivity index is 1.42. The van der Waals surface area contributed by atoms with Gasteiger partial charge in [0, 0.05) is 23.6 Å². The van der Waals surface area contributed by atoms with Gasteiger partial charge in [0.25, 0.3) is 0 Å². The maximum Gasteiger partial charge on any atom is 0.217 e.